The zero-order chi connectivity index (χ0) is 31.1. The maximum atomic E-state index is 14.7. The summed E-state index contributed by atoms with van der Waals surface area (Å²) in [5, 5.41) is 23.3. The third-order valence-corrected chi connectivity index (χ3v) is 5.24. The van der Waals surface area contributed by atoms with Crippen LogP contribution in [0.2, 0.25) is 0 Å². The Morgan fingerprint density at radius 3 is 2.56 bits per heavy atom. The highest BCUT2D eigenvalue weighted by molar-refractivity contribution is 5.85. The van der Waals surface area contributed by atoms with Crippen molar-refractivity contribution in [2.45, 2.75) is 52.9 Å². The highest BCUT2D eigenvalue weighted by Crippen LogP contribution is 2.28. The molecule has 2 aromatic heterocycles. The lowest BCUT2D eigenvalue weighted by Crippen LogP contribution is -2.35. The third-order valence-electron chi connectivity index (χ3n) is 5.24. The van der Waals surface area contributed by atoms with Gasteiger partial charge in [-0.1, -0.05) is 6.08 Å². The number of carbonyl (C=O) groups is 1. The number of halogens is 2. The Hall–Kier alpha value is -5.19. The average molecular weight is 570 g/mol. The van der Waals surface area contributed by atoms with Crippen molar-refractivity contribution < 1.29 is 23.2 Å². The highest BCUT2D eigenvalue weighted by atomic mass is 19.1. The second-order valence-electron chi connectivity index (χ2n) is 9.30. The van der Waals surface area contributed by atoms with Crippen molar-refractivity contribution in [2.24, 2.45) is 0 Å². The van der Waals surface area contributed by atoms with Crippen LogP contribution in [0.4, 0.5) is 30.9 Å². The zero-order valence-corrected chi connectivity index (χ0v) is 23.1. The second-order valence-corrected chi connectivity index (χ2v) is 9.30. The molecule has 0 radical (unpaired) electrons. The van der Waals surface area contributed by atoms with E-state index >= 15 is 0 Å². The summed E-state index contributed by atoms with van der Waals surface area (Å²) >= 11 is 0. The van der Waals surface area contributed by atoms with E-state index in [4.69, 9.17) is 4.74 Å². The van der Waals surface area contributed by atoms with E-state index in [2.05, 4.69) is 28.4 Å². The van der Waals surface area contributed by atoms with Gasteiger partial charge in [-0.15, -0.1) is 13.2 Å². The third kappa shape index (κ3) is 7.47. The number of imidazole rings is 1. The Morgan fingerprint density at radius 1 is 1.37 bits per heavy atom. The Kier molecular flexibility index (Phi) is 10.3. The molecule has 1 aromatic carbocycles. The van der Waals surface area contributed by atoms with Crippen LogP contribution in [-0.4, -0.2) is 41.9 Å². The molecule has 0 saturated heterocycles. The van der Waals surface area contributed by atoms with Gasteiger partial charge in [-0.2, -0.15) is 14.8 Å². The van der Waals surface area contributed by atoms with Crippen molar-refractivity contribution in [3.05, 3.63) is 87.3 Å². The van der Waals surface area contributed by atoms with Crippen molar-refractivity contribution in [3.8, 4) is 6.07 Å². The molecule has 2 heterocycles. The molecule has 0 fully saturated rings. The van der Waals surface area contributed by atoms with Gasteiger partial charge < -0.3 is 10.1 Å². The number of benzene rings is 1. The number of fused-ring (bicyclic) bond motifs is 1. The molecule has 216 valence electrons. The number of nitrogens with one attached hydrogen (secondary N) is 1. The fourth-order valence-corrected chi connectivity index (χ4v) is 3.52. The van der Waals surface area contributed by atoms with Crippen LogP contribution in [0.5, 0.6) is 0 Å². The lowest BCUT2D eigenvalue weighted by molar-refractivity contribution is -0.383. The molecule has 0 saturated carbocycles. The maximum absolute atomic E-state index is 14.7. The van der Waals surface area contributed by atoms with Crippen LogP contribution in [0.3, 0.4) is 0 Å². The van der Waals surface area contributed by atoms with Gasteiger partial charge >= 0.3 is 11.8 Å². The molecule has 0 spiro atoms. The molecule has 0 aliphatic carbocycles. The summed E-state index contributed by atoms with van der Waals surface area (Å²) in [5.41, 5.74) is -3.07. The van der Waals surface area contributed by atoms with Crippen LogP contribution in [0.25, 0.3) is 11.2 Å². The quantitative estimate of drug-likeness (QED) is 0.159. The Labute approximate surface area is 234 Å². The Bertz CT molecular complexity index is 1630. The first-order valence-electron chi connectivity index (χ1n) is 12.1. The van der Waals surface area contributed by atoms with E-state index in [1.165, 1.54) is 25.1 Å². The summed E-state index contributed by atoms with van der Waals surface area (Å²) in [6.45, 7) is 12.8. The van der Waals surface area contributed by atoms with Gasteiger partial charge in [0.15, 0.2) is 5.65 Å². The van der Waals surface area contributed by atoms with Gasteiger partial charge in [0.1, 0.15) is 28.8 Å². The van der Waals surface area contributed by atoms with Gasteiger partial charge in [-0.05, 0) is 52.8 Å². The summed E-state index contributed by atoms with van der Waals surface area (Å²) < 4.78 is 35.9. The van der Waals surface area contributed by atoms with E-state index in [1.54, 1.807) is 20.8 Å². The summed E-state index contributed by atoms with van der Waals surface area (Å²) in [5.74, 6) is -1.16. The summed E-state index contributed by atoms with van der Waals surface area (Å²) in [4.78, 5) is 45.4. The van der Waals surface area contributed by atoms with Crippen molar-refractivity contribution >= 4 is 34.6 Å². The van der Waals surface area contributed by atoms with Gasteiger partial charge in [-0.25, -0.2) is 23.4 Å². The van der Waals surface area contributed by atoms with E-state index in [1.807, 2.05) is 6.07 Å². The monoisotopic (exact) mass is 569 g/mol. The molecule has 0 aliphatic rings. The minimum atomic E-state index is -1.80. The number of alkyl halides is 1. The van der Waals surface area contributed by atoms with Gasteiger partial charge in [0.25, 0.3) is 5.69 Å². The molecule has 0 aliphatic heterocycles. The molecule has 1 N–H and O–H groups in total. The first-order chi connectivity index (χ1) is 19.3. The van der Waals surface area contributed by atoms with Crippen LogP contribution in [-0.2, 0) is 11.3 Å². The SMILES string of the molecule is C/C=C\C(F)=C(\Cn1c(=O)n(C(=O)OC(C)(C)C)c2cnc(Nc3cc(C#N)ccc3[N+](=O)[O-])nc21)C(C)F.C=C. The predicted molar refractivity (Wildman–Crippen MR) is 149 cm³/mol. The number of carbonyl (C=O) groups excluding carboxylic acids is 1. The fraction of sp³-hybridized carbons (Fsp3) is 0.296. The first kappa shape index (κ1) is 32.0. The molecule has 3 aromatic rings. The number of nitriles is 1. The molecule has 1 unspecified atom stereocenters. The summed E-state index contributed by atoms with van der Waals surface area (Å²) in [6.07, 6.45) is 0.621. The van der Waals surface area contributed by atoms with Gasteiger partial charge in [0, 0.05) is 11.6 Å². The van der Waals surface area contributed by atoms with E-state index in [9.17, 15) is 33.7 Å². The Balaban J connectivity index is 0.00000287. The number of nitro groups is 1. The maximum Gasteiger partial charge on any atom is 0.423 e. The lowest BCUT2D eigenvalue weighted by Gasteiger charge is -2.19. The summed E-state index contributed by atoms with van der Waals surface area (Å²) in [6, 6.07) is 5.46. The molecule has 41 heavy (non-hydrogen) atoms. The molecular formula is C27H29F2N7O5. The molecule has 3 rings (SSSR count). The molecule has 1 atom stereocenters. The molecular weight excluding hydrogens is 540 g/mol. The standard InChI is InChI=1S/C25H25F2N7O5.C2H4/c1-6-7-17(27)16(14(2)26)13-32-21-20(33(23(32)35)24(36)39-25(3,4)5)12-29-22(31-21)30-18-10-15(11-28)8-9-19(18)34(37)38;1-2/h6-10,12,14H,13H2,1-5H3,(H,29,30,31);1-2H2/b7-6-,17-16+;. The van der Waals surface area contributed by atoms with Crippen molar-refractivity contribution in [1.29, 1.82) is 5.26 Å². The fourth-order valence-electron chi connectivity index (χ4n) is 3.52. The topological polar surface area (TPSA) is 158 Å². The van der Waals surface area contributed by atoms with Crippen LogP contribution in [0.1, 0.15) is 40.2 Å². The number of hydrogen-bond acceptors (Lipinski definition) is 9. The van der Waals surface area contributed by atoms with Crippen LogP contribution in [0, 0.1) is 21.4 Å². The van der Waals surface area contributed by atoms with Crippen LogP contribution < -0.4 is 11.0 Å². The highest BCUT2D eigenvalue weighted by Gasteiger charge is 2.27. The largest absolute Gasteiger partial charge is 0.443 e. The lowest BCUT2D eigenvalue weighted by atomic mass is 10.1. The van der Waals surface area contributed by atoms with E-state index in [0.29, 0.717) is 4.57 Å². The number of anilines is 2. The van der Waals surface area contributed by atoms with Gasteiger partial charge in [0.2, 0.25) is 5.95 Å². The van der Waals surface area contributed by atoms with Crippen molar-refractivity contribution in [2.75, 3.05) is 5.32 Å². The number of ether oxygens (including phenoxy) is 1. The van der Waals surface area contributed by atoms with E-state index in [0.717, 1.165) is 29.8 Å². The number of nitrogens with zero attached hydrogens (tertiary/aromatic N) is 6. The van der Waals surface area contributed by atoms with E-state index in [-0.39, 0.29) is 39.6 Å². The second kappa shape index (κ2) is 13.2. The van der Waals surface area contributed by atoms with Crippen LogP contribution in [0.15, 0.2) is 65.9 Å². The molecule has 12 nitrogen and oxygen atoms in total. The minimum Gasteiger partial charge on any atom is -0.443 e. The average Bonchev–Trinajstić information content (AvgIpc) is 3.17. The number of hydrogen-bond donors (Lipinski definition) is 1. The molecule has 0 amide bonds. The summed E-state index contributed by atoms with van der Waals surface area (Å²) in [7, 11) is 0. The van der Waals surface area contributed by atoms with Gasteiger partial charge in [0.05, 0.1) is 29.3 Å². The van der Waals surface area contributed by atoms with E-state index < -0.39 is 40.9 Å². The smallest absolute Gasteiger partial charge is 0.423 e. The van der Waals surface area contributed by atoms with Crippen molar-refractivity contribution in [1.82, 2.24) is 19.1 Å². The van der Waals surface area contributed by atoms with Crippen LogP contribution >= 0.6 is 0 Å². The van der Waals surface area contributed by atoms with Gasteiger partial charge in [-0.3, -0.25) is 14.7 Å². The van der Waals surface area contributed by atoms with Crippen molar-refractivity contribution in [3.63, 3.8) is 0 Å². The predicted octanol–water partition coefficient (Wildman–Crippen LogP) is 5.86. The zero-order valence-electron chi connectivity index (χ0n) is 23.1. The first-order valence-corrected chi connectivity index (χ1v) is 12.1. The number of rotatable bonds is 7. The molecule has 14 heteroatoms. The number of allylic oxidation sites excluding steroid dienone is 4. The molecule has 0 bridgehead atoms. The minimum absolute atomic E-state index is 0.114. The number of nitro benzene ring substituents is 1. The normalized spacial score (nSPS) is 12.6. The Morgan fingerprint density at radius 2 is 2.02 bits per heavy atom. The number of aromatic nitrogens is 4.